The van der Waals surface area contributed by atoms with Crippen molar-refractivity contribution < 1.29 is 4.74 Å². The van der Waals surface area contributed by atoms with Gasteiger partial charge in [-0.1, -0.05) is 65.5 Å². The van der Waals surface area contributed by atoms with E-state index in [0.29, 0.717) is 16.9 Å². The molecule has 1 heteroatoms. The van der Waals surface area contributed by atoms with Gasteiger partial charge >= 0.3 is 0 Å². The molecule has 0 bridgehead atoms. The van der Waals surface area contributed by atoms with Gasteiger partial charge in [0.15, 0.2) is 0 Å². The molecule has 3 fully saturated rings. The summed E-state index contributed by atoms with van der Waals surface area (Å²) in [6.45, 7) is 15.7. The zero-order valence-corrected chi connectivity index (χ0v) is 21.0. The topological polar surface area (TPSA) is 9.23 Å². The van der Waals surface area contributed by atoms with Crippen LogP contribution in [0.1, 0.15) is 112 Å². The van der Waals surface area contributed by atoms with Crippen LogP contribution in [0.5, 0.6) is 0 Å². The molecule has 3 saturated carbocycles. The molecule has 30 heavy (non-hydrogen) atoms. The molecule has 0 aliphatic heterocycles. The third kappa shape index (κ3) is 3.95. The van der Waals surface area contributed by atoms with E-state index in [-0.39, 0.29) is 0 Å². The zero-order chi connectivity index (χ0) is 21.5. The summed E-state index contributed by atoms with van der Waals surface area (Å²) in [6.07, 6.45) is 18.7. The van der Waals surface area contributed by atoms with Crippen LogP contribution in [0.15, 0.2) is 11.6 Å². The predicted molar refractivity (Wildman–Crippen MR) is 128 cm³/mol. The van der Waals surface area contributed by atoms with Crippen molar-refractivity contribution in [2.45, 2.75) is 118 Å². The Hall–Kier alpha value is -0.300. The van der Waals surface area contributed by atoms with Gasteiger partial charge in [-0.3, -0.25) is 0 Å². The van der Waals surface area contributed by atoms with Crippen molar-refractivity contribution in [2.75, 3.05) is 6.61 Å². The first-order chi connectivity index (χ1) is 14.3. The number of hydrogen-bond acceptors (Lipinski definition) is 1. The van der Waals surface area contributed by atoms with Crippen molar-refractivity contribution in [1.29, 1.82) is 0 Å². The van der Waals surface area contributed by atoms with Crippen LogP contribution < -0.4 is 0 Å². The smallest absolute Gasteiger partial charge is 0.0612 e. The summed E-state index contributed by atoms with van der Waals surface area (Å²) in [7, 11) is 0. The second-order valence-corrected chi connectivity index (χ2v) is 12.6. The van der Waals surface area contributed by atoms with Gasteiger partial charge in [0.2, 0.25) is 0 Å². The van der Waals surface area contributed by atoms with E-state index >= 15 is 0 Å². The molecular formula is C29H50O. The molecule has 4 rings (SSSR count). The summed E-state index contributed by atoms with van der Waals surface area (Å²) < 4.78 is 6.04. The van der Waals surface area contributed by atoms with E-state index in [1.54, 1.807) is 5.57 Å². The van der Waals surface area contributed by atoms with Gasteiger partial charge < -0.3 is 4.74 Å². The number of fused-ring (bicyclic) bond motifs is 5. The van der Waals surface area contributed by atoms with E-state index in [0.717, 1.165) is 42.1 Å². The molecule has 0 saturated heterocycles. The maximum Gasteiger partial charge on any atom is 0.0612 e. The molecule has 4 aliphatic carbocycles. The van der Waals surface area contributed by atoms with Crippen LogP contribution in [0.2, 0.25) is 0 Å². The molecule has 0 spiro atoms. The van der Waals surface area contributed by atoms with E-state index in [1.807, 2.05) is 0 Å². The highest BCUT2D eigenvalue weighted by Crippen LogP contribution is 2.67. The summed E-state index contributed by atoms with van der Waals surface area (Å²) >= 11 is 0. The monoisotopic (exact) mass is 414 g/mol. The van der Waals surface area contributed by atoms with E-state index < -0.39 is 0 Å². The molecule has 4 aliphatic rings. The third-order valence-corrected chi connectivity index (χ3v) is 10.7. The fourth-order valence-corrected chi connectivity index (χ4v) is 9.03. The van der Waals surface area contributed by atoms with Crippen molar-refractivity contribution in [3.8, 4) is 0 Å². The Balaban J connectivity index is 1.47. The molecule has 0 aromatic heterocycles. The van der Waals surface area contributed by atoms with Crippen molar-refractivity contribution in [2.24, 2.45) is 46.3 Å². The highest BCUT2D eigenvalue weighted by atomic mass is 16.5. The maximum atomic E-state index is 6.04. The normalized spacial score (nSPS) is 44.2. The average molecular weight is 415 g/mol. The lowest BCUT2D eigenvalue weighted by molar-refractivity contribution is -0.0630. The first-order valence-corrected chi connectivity index (χ1v) is 13.6. The molecule has 0 heterocycles. The molecule has 1 nitrogen and oxygen atoms in total. The standard InChI is InChI=1S/C29H50O/c1-7-30-23-15-17-28(5)22(19-23)11-12-24-26-14-13-25(21(4)10-8-9-20(2)3)29(26,6)18-16-27(24)28/h11,20-21,23-27H,7-10,12-19H2,1-6H3/t21-,23?,24+,25-,26?,27?,28+,29-/m1/s1. The van der Waals surface area contributed by atoms with Gasteiger partial charge in [-0.25, -0.2) is 0 Å². The van der Waals surface area contributed by atoms with Crippen molar-refractivity contribution in [3.05, 3.63) is 11.6 Å². The quantitative estimate of drug-likeness (QED) is 0.380. The minimum atomic E-state index is 0.471. The van der Waals surface area contributed by atoms with E-state index in [2.05, 4.69) is 47.6 Å². The summed E-state index contributed by atoms with van der Waals surface area (Å²) in [4.78, 5) is 0. The fourth-order valence-electron chi connectivity index (χ4n) is 9.03. The summed E-state index contributed by atoms with van der Waals surface area (Å²) in [5, 5.41) is 0. The Bertz CT molecular complexity index is 620. The third-order valence-electron chi connectivity index (χ3n) is 10.7. The van der Waals surface area contributed by atoms with Gasteiger partial charge in [-0.2, -0.15) is 0 Å². The zero-order valence-electron chi connectivity index (χ0n) is 21.0. The first-order valence-electron chi connectivity index (χ1n) is 13.6. The van der Waals surface area contributed by atoms with Crippen LogP contribution in [0.25, 0.3) is 0 Å². The molecule has 8 atom stereocenters. The lowest BCUT2D eigenvalue weighted by Gasteiger charge is -2.58. The van der Waals surface area contributed by atoms with E-state index in [1.165, 1.54) is 70.6 Å². The number of allylic oxidation sites excluding steroid dienone is 1. The van der Waals surface area contributed by atoms with Crippen molar-refractivity contribution >= 4 is 0 Å². The molecule has 0 aromatic rings. The lowest BCUT2D eigenvalue weighted by Crippen LogP contribution is -2.51. The summed E-state index contributed by atoms with van der Waals surface area (Å²) in [5.74, 6) is 5.63. The van der Waals surface area contributed by atoms with Crippen LogP contribution in [-0.2, 0) is 4.74 Å². The maximum absolute atomic E-state index is 6.04. The summed E-state index contributed by atoms with van der Waals surface area (Å²) in [5.41, 5.74) is 2.86. The van der Waals surface area contributed by atoms with Gasteiger partial charge in [-0.05, 0) is 105 Å². The molecule has 172 valence electrons. The Labute approximate surface area is 187 Å². The Morgan fingerprint density at radius 3 is 2.53 bits per heavy atom. The van der Waals surface area contributed by atoms with Gasteiger partial charge in [0.25, 0.3) is 0 Å². The largest absolute Gasteiger partial charge is 0.378 e. The Kier molecular flexibility index (Phi) is 6.80. The Morgan fingerprint density at radius 2 is 1.80 bits per heavy atom. The first kappa shape index (κ1) is 22.9. The van der Waals surface area contributed by atoms with Crippen LogP contribution in [-0.4, -0.2) is 12.7 Å². The van der Waals surface area contributed by atoms with Gasteiger partial charge in [0.05, 0.1) is 6.10 Å². The van der Waals surface area contributed by atoms with E-state index in [4.69, 9.17) is 4.74 Å². The van der Waals surface area contributed by atoms with Gasteiger partial charge in [-0.15, -0.1) is 0 Å². The summed E-state index contributed by atoms with van der Waals surface area (Å²) in [6, 6.07) is 0. The predicted octanol–water partition coefficient (Wildman–Crippen LogP) is 8.43. The van der Waals surface area contributed by atoms with Crippen LogP contribution in [0.4, 0.5) is 0 Å². The Morgan fingerprint density at radius 1 is 1.00 bits per heavy atom. The minimum Gasteiger partial charge on any atom is -0.378 e. The fraction of sp³-hybridized carbons (Fsp3) is 0.931. The molecule has 0 aromatic carbocycles. The second kappa shape index (κ2) is 8.92. The van der Waals surface area contributed by atoms with Crippen molar-refractivity contribution in [3.63, 3.8) is 0 Å². The average Bonchev–Trinajstić information content (AvgIpc) is 3.05. The molecular weight excluding hydrogens is 364 g/mol. The number of rotatable bonds is 7. The molecule has 0 N–H and O–H groups in total. The molecule has 3 unspecified atom stereocenters. The van der Waals surface area contributed by atoms with Crippen molar-refractivity contribution in [1.82, 2.24) is 0 Å². The molecule has 0 radical (unpaired) electrons. The van der Waals surface area contributed by atoms with Crippen LogP contribution >= 0.6 is 0 Å². The van der Waals surface area contributed by atoms with Crippen LogP contribution in [0.3, 0.4) is 0 Å². The highest BCUT2D eigenvalue weighted by Gasteiger charge is 2.59. The SMILES string of the molecule is CCOC1CC[C@@]2(C)C(=CC[C@@H]3C2CC[C@@]2(C)C3CC[C@@H]2[C@H](C)CCCC(C)C)C1. The minimum absolute atomic E-state index is 0.471. The van der Waals surface area contributed by atoms with Gasteiger partial charge in [0.1, 0.15) is 0 Å². The number of hydrogen-bond donors (Lipinski definition) is 0. The highest BCUT2D eigenvalue weighted by molar-refractivity contribution is 5.25. The van der Waals surface area contributed by atoms with E-state index in [9.17, 15) is 0 Å². The lowest BCUT2D eigenvalue weighted by atomic mass is 9.47. The van der Waals surface area contributed by atoms with Crippen LogP contribution in [0, 0.1) is 46.3 Å². The molecule has 0 amide bonds. The number of ether oxygens (including phenoxy) is 1. The second-order valence-electron chi connectivity index (χ2n) is 12.6. The van der Waals surface area contributed by atoms with Gasteiger partial charge in [0, 0.05) is 6.61 Å².